The normalized spacial score (nSPS) is 24.8. The Morgan fingerprint density at radius 3 is 2.69 bits per heavy atom. The van der Waals surface area contributed by atoms with Gasteiger partial charge in [0, 0.05) is 12.2 Å². The van der Waals surface area contributed by atoms with Crippen molar-refractivity contribution in [3.8, 4) is 0 Å². The van der Waals surface area contributed by atoms with E-state index in [2.05, 4.69) is 10.3 Å². The summed E-state index contributed by atoms with van der Waals surface area (Å²) in [7, 11) is -3.16. The van der Waals surface area contributed by atoms with Gasteiger partial charge in [0.25, 0.3) is 11.5 Å². The number of thiocarbonyl (C=S) groups is 1. The van der Waals surface area contributed by atoms with Crippen LogP contribution in [0.15, 0.2) is 34.1 Å². The molecule has 2 aromatic heterocycles. The van der Waals surface area contributed by atoms with E-state index in [0.717, 1.165) is 37.4 Å². The average Bonchev–Trinajstić information content (AvgIpc) is 3.45. The van der Waals surface area contributed by atoms with Crippen LogP contribution >= 0.6 is 24.0 Å². The summed E-state index contributed by atoms with van der Waals surface area (Å²) in [5.41, 5.74) is 0.559. The van der Waals surface area contributed by atoms with Gasteiger partial charge in [0.15, 0.2) is 9.84 Å². The zero-order valence-corrected chi connectivity index (χ0v) is 19.6. The molecule has 3 fully saturated rings. The summed E-state index contributed by atoms with van der Waals surface area (Å²) >= 11 is 6.50. The first-order chi connectivity index (χ1) is 15.3. The van der Waals surface area contributed by atoms with Gasteiger partial charge in [0.05, 0.1) is 28.0 Å². The van der Waals surface area contributed by atoms with Gasteiger partial charge in [0.2, 0.25) is 0 Å². The van der Waals surface area contributed by atoms with E-state index in [1.54, 1.807) is 24.4 Å². The van der Waals surface area contributed by atoms with Gasteiger partial charge in [-0.15, -0.1) is 0 Å². The van der Waals surface area contributed by atoms with Gasteiger partial charge in [0.1, 0.15) is 15.8 Å². The van der Waals surface area contributed by atoms with Crippen molar-refractivity contribution < 1.29 is 13.2 Å². The Bertz CT molecular complexity index is 1310. The first-order valence-electron chi connectivity index (χ1n) is 10.6. The molecule has 1 unspecified atom stereocenters. The predicted molar refractivity (Wildman–Crippen MR) is 129 cm³/mol. The SMILES string of the molecule is O=C1/C(=C\c2c(NC3CCCC3)nc3ccccn3c2=O)SC(=S)N1C1CCS(=O)(=O)C1. The predicted octanol–water partition coefficient (Wildman–Crippen LogP) is 2.44. The Kier molecular flexibility index (Phi) is 5.58. The molecule has 0 bridgehead atoms. The largest absolute Gasteiger partial charge is 0.367 e. The van der Waals surface area contributed by atoms with Gasteiger partial charge in [-0.1, -0.05) is 42.9 Å². The van der Waals surface area contributed by atoms with E-state index in [1.807, 2.05) is 6.07 Å². The lowest BCUT2D eigenvalue weighted by atomic mass is 10.2. The molecule has 2 aliphatic heterocycles. The van der Waals surface area contributed by atoms with E-state index < -0.39 is 15.9 Å². The molecule has 168 valence electrons. The minimum Gasteiger partial charge on any atom is -0.367 e. The second kappa shape index (κ2) is 8.27. The van der Waals surface area contributed by atoms with Crippen LogP contribution in [-0.4, -0.2) is 56.5 Å². The van der Waals surface area contributed by atoms with Gasteiger partial charge in [-0.05, 0) is 37.5 Å². The molecule has 1 aliphatic carbocycles. The molecule has 3 aliphatic rings. The van der Waals surface area contributed by atoms with Crippen LogP contribution in [0.25, 0.3) is 11.7 Å². The number of aromatic nitrogens is 2. The number of carbonyl (C=O) groups excluding carboxylic acids is 1. The van der Waals surface area contributed by atoms with Gasteiger partial charge in [-0.25, -0.2) is 13.4 Å². The number of nitrogens with zero attached hydrogens (tertiary/aromatic N) is 3. The molecule has 0 spiro atoms. The zero-order chi connectivity index (χ0) is 22.5. The molecule has 1 saturated carbocycles. The fourth-order valence-electron chi connectivity index (χ4n) is 4.51. The monoisotopic (exact) mass is 490 g/mol. The van der Waals surface area contributed by atoms with E-state index in [1.165, 1.54) is 9.30 Å². The second-order valence-corrected chi connectivity index (χ2v) is 12.2. The molecule has 0 aromatic carbocycles. The van der Waals surface area contributed by atoms with Crippen molar-refractivity contribution in [2.75, 3.05) is 16.8 Å². The van der Waals surface area contributed by atoms with Crippen molar-refractivity contribution in [2.24, 2.45) is 0 Å². The standard InChI is InChI=1S/C21H22N4O4S3/c26-19-15(11-16-20(27)25(21(30)31-16)14-8-10-32(28,29)12-14)18(22-13-5-1-2-6-13)23-17-7-3-4-9-24(17)19/h3-4,7,9,11,13-14,22H,1-2,5-6,8,10,12H2/b16-11+. The summed E-state index contributed by atoms with van der Waals surface area (Å²) in [6.45, 7) is 0. The van der Waals surface area contributed by atoms with Crippen LogP contribution in [-0.2, 0) is 14.6 Å². The van der Waals surface area contributed by atoms with Crippen LogP contribution < -0.4 is 10.9 Å². The summed E-state index contributed by atoms with van der Waals surface area (Å²) in [6, 6.07) is 5.13. The lowest BCUT2D eigenvalue weighted by molar-refractivity contribution is -0.123. The van der Waals surface area contributed by atoms with Crippen LogP contribution in [0.5, 0.6) is 0 Å². The van der Waals surface area contributed by atoms with Crippen molar-refractivity contribution in [3.05, 3.63) is 45.2 Å². The van der Waals surface area contributed by atoms with Gasteiger partial charge >= 0.3 is 0 Å². The third-order valence-electron chi connectivity index (χ3n) is 6.14. The number of carbonyl (C=O) groups is 1. The fraction of sp³-hybridized carbons (Fsp3) is 0.429. The van der Waals surface area contributed by atoms with Gasteiger partial charge < -0.3 is 5.32 Å². The first-order valence-corrected chi connectivity index (χ1v) is 13.6. The Labute approximate surface area is 195 Å². The minimum absolute atomic E-state index is 0.0547. The van der Waals surface area contributed by atoms with E-state index in [0.29, 0.717) is 32.7 Å². The molecule has 5 rings (SSSR count). The zero-order valence-electron chi connectivity index (χ0n) is 17.2. The van der Waals surface area contributed by atoms with E-state index in [9.17, 15) is 18.0 Å². The number of thioether (sulfide) groups is 1. The number of rotatable bonds is 4. The number of hydrogen-bond acceptors (Lipinski definition) is 8. The third kappa shape index (κ3) is 3.97. The minimum atomic E-state index is -3.16. The molecule has 4 heterocycles. The lowest BCUT2D eigenvalue weighted by Gasteiger charge is -2.21. The van der Waals surface area contributed by atoms with Crippen LogP contribution in [0.1, 0.15) is 37.7 Å². The molecule has 32 heavy (non-hydrogen) atoms. The second-order valence-electron chi connectivity index (χ2n) is 8.34. The van der Waals surface area contributed by atoms with Crippen molar-refractivity contribution in [3.63, 3.8) is 0 Å². The van der Waals surface area contributed by atoms with Crippen LogP contribution in [0.2, 0.25) is 0 Å². The highest BCUT2D eigenvalue weighted by Crippen LogP contribution is 2.36. The maximum Gasteiger partial charge on any atom is 0.267 e. The van der Waals surface area contributed by atoms with E-state index >= 15 is 0 Å². The Balaban J connectivity index is 1.55. The molecular weight excluding hydrogens is 468 g/mol. The number of amides is 1. The molecule has 2 aromatic rings. The molecule has 11 heteroatoms. The first kappa shape index (κ1) is 21.6. The van der Waals surface area contributed by atoms with Crippen molar-refractivity contribution in [2.45, 2.75) is 44.2 Å². The Morgan fingerprint density at radius 2 is 1.97 bits per heavy atom. The maximum atomic E-state index is 13.3. The molecule has 1 N–H and O–H groups in total. The number of fused-ring (bicyclic) bond motifs is 1. The summed E-state index contributed by atoms with van der Waals surface area (Å²) in [6.07, 6.45) is 7.84. The summed E-state index contributed by atoms with van der Waals surface area (Å²) in [5.74, 6) is 0.0777. The van der Waals surface area contributed by atoms with Crippen LogP contribution in [0.4, 0.5) is 5.82 Å². The van der Waals surface area contributed by atoms with Crippen LogP contribution in [0, 0.1) is 0 Å². The summed E-state index contributed by atoms with van der Waals surface area (Å²) in [4.78, 5) is 32.8. The number of hydrogen-bond donors (Lipinski definition) is 1. The van der Waals surface area contributed by atoms with E-state index in [-0.39, 0.29) is 29.0 Å². The van der Waals surface area contributed by atoms with Gasteiger partial charge in [-0.2, -0.15) is 0 Å². The van der Waals surface area contributed by atoms with Crippen molar-refractivity contribution in [1.29, 1.82) is 0 Å². The molecule has 1 atom stereocenters. The van der Waals surface area contributed by atoms with Crippen molar-refractivity contribution >= 4 is 61.6 Å². The van der Waals surface area contributed by atoms with Gasteiger partial charge in [-0.3, -0.25) is 18.9 Å². The highest BCUT2D eigenvalue weighted by atomic mass is 32.2. The Morgan fingerprint density at radius 1 is 1.19 bits per heavy atom. The summed E-state index contributed by atoms with van der Waals surface area (Å²) < 4.78 is 25.6. The summed E-state index contributed by atoms with van der Waals surface area (Å²) in [5, 5.41) is 3.40. The number of pyridine rings is 1. The lowest BCUT2D eigenvalue weighted by Crippen LogP contribution is -2.39. The third-order valence-corrected chi connectivity index (χ3v) is 9.22. The van der Waals surface area contributed by atoms with Crippen molar-refractivity contribution in [1.82, 2.24) is 14.3 Å². The topological polar surface area (TPSA) is 101 Å². The Hall–Kier alpha value is -2.24. The molecular formula is C21H22N4O4S3. The highest BCUT2D eigenvalue weighted by molar-refractivity contribution is 8.26. The van der Waals surface area contributed by atoms with Crippen LogP contribution in [0.3, 0.4) is 0 Å². The smallest absolute Gasteiger partial charge is 0.267 e. The number of sulfone groups is 1. The maximum absolute atomic E-state index is 13.3. The number of anilines is 1. The average molecular weight is 491 g/mol. The fourth-order valence-corrected chi connectivity index (χ4v) is 7.59. The molecule has 8 nitrogen and oxygen atoms in total. The molecule has 0 radical (unpaired) electrons. The van der Waals surface area contributed by atoms with E-state index in [4.69, 9.17) is 12.2 Å². The molecule has 1 amide bonds. The number of nitrogens with one attached hydrogen (secondary N) is 1. The molecule has 2 saturated heterocycles. The highest BCUT2D eigenvalue weighted by Gasteiger charge is 2.42. The quantitative estimate of drug-likeness (QED) is 0.515.